The summed E-state index contributed by atoms with van der Waals surface area (Å²) in [5.74, 6) is -5.47. The average Bonchev–Trinajstić information content (AvgIpc) is 2.66. The number of benzene rings is 2. The molecule has 0 fully saturated rings. The van der Waals surface area contributed by atoms with Crippen molar-refractivity contribution >= 4 is 23.9 Å². The third-order valence-corrected chi connectivity index (χ3v) is 3.27. The van der Waals surface area contributed by atoms with E-state index in [-0.39, 0.29) is 16.7 Å². The third-order valence-electron chi connectivity index (χ3n) is 3.27. The first kappa shape index (κ1) is 21.3. The fourth-order valence-electron chi connectivity index (χ4n) is 2.07. The predicted octanol–water partition coefficient (Wildman–Crippen LogP) is 1.91. The van der Waals surface area contributed by atoms with E-state index in [0.29, 0.717) is 0 Å². The lowest BCUT2D eigenvalue weighted by molar-refractivity contribution is 0.0651. The standard InChI is InChI=1S/C10H4N2O4.C8H6O4/c11-3-5-1-2-6(9(13)14)8(10(15)16)7(5)4-12;9-7(10)5-3-1-2-4-6(5)8(11)12/h1-2H,(H,13,14)(H,15,16);1-4H,(H,9,10)(H,11,12). The summed E-state index contributed by atoms with van der Waals surface area (Å²) in [7, 11) is 0. The van der Waals surface area contributed by atoms with Gasteiger partial charge >= 0.3 is 23.9 Å². The molecule has 2 rings (SSSR count). The Balaban J connectivity index is 0.000000292. The molecule has 2 aromatic carbocycles. The summed E-state index contributed by atoms with van der Waals surface area (Å²) in [4.78, 5) is 42.5. The SMILES string of the molecule is N#Cc1ccc(C(=O)O)c(C(=O)O)c1C#N.O=C(O)c1ccccc1C(=O)O. The van der Waals surface area contributed by atoms with Crippen molar-refractivity contribution in [2.24, 2.45) is 0 Å². The molecule has 0 aliphatic heterocycles. The third kappa shape index (κ3) is 4.68. The second-order valence-corrected chi connectivity index (χ2v) is 4.90. The zero-order valence-electron chi connectivity index (χ0n) is 13.8. The molecular formula is C18H10N2O8. The molecular weight excluding hydrogens is 372 g/mol. The van der Waals surface area contributed by atoms with Gasteiger partial charge in [-0.05, 0) is 24.3 Å². The lowest BCUT2D eigenvalue weighted by atomic mass is 9.97. The van der Waals surface area contributed by atoms with Crippen molar-refractivity contribution < 1.29 is 39.6 Å². The Labute approximate surface area is 156 Å². The molecule has 0 aliphatic carbocycles. The van der Waals surface area contributed by atoms with Gasteiger partial charge in [0.2, 0.25) is 0 Å². The van der Waals surface area contributed by atoms with Crippen LogP contribution in [0.4, 0.5) is 0 Å². The Kier molecular flexibility index (Phi) is 6.95. The molecule has 0 radical (unpaired) electrons. The predicted molar refractivity (Wildman–Crippen MR) is 90.2 cm³/mol. The van der Waals surface area contributed by atoms with Crippen LogP contribution in [0.5, 0.6) is 0 Å². The van der Waals surface area contributed by atoms with E-state index < -0.39 is 40.6 Å². The summed E-state index contributed by atoms with van der Waals surface area (Å²) in [6.45, 7) is 0. The van der Waals surface area contributed by atoms with Crippen LogP contribution in [0.25, 0.3) is 0 Å². The van der Waals surface area contributed by atoms with Crippen molar-refractivity contribution in [3.8, 4) is 12.1 Å². The van der Waals surface area contributed by atoms with Crippen LogP contribution in [0.1, 0.15) is 52.6 Å². The monoisotopic (exact) mass is 382 g/mol. The molecule has 0 aromatic heterocycles. The number of aromatic carboxylic acids is 4. The zero-order chi connectivity index (χ0) is 21.4. The molecule has 0 bridgehead atoms. The summed E-state index contributed by atoms with van der Waals surface area (Å²) < 4.78 is 0. The van der Waals surface area contributed by atoms with Crippen LogP contribution in [-0.2, 0) is 0 Å². The van der Waals surface area contributed by atoms with E-state index in [0.717, 1.165) is 12.1 Å². The van der Waals surface area contributed by atoms with E-state index in [1.165, 1.54) is 30.3 Å². The van der Waals surface area contributed by atoms with Gasteiger partial charge in [-0.25, -0.2) is 19.2 Å². The van der Waals surface area contributed by atoms with Crippen LogP contribution < -0.4 is 0 Å². The maximum absolute atomic E-state index is 10.9. The molecule has 0 amide bonds. The van der Waals surface area contributed by atoms with Crippen molar-refractivity contribution in [2.45, 2.75) is 0 Å². The lowest BCUT2D eigenvalue weighted by Gasteiger charge is -2.04. The van der Waals surface area contributed by atoms with Gasteiger partial charge in [0.15, 0.2) is 0 Å². The van der Waals surface area contributed by atoms with Crippen LogP contribution in [0.2, 0.25) is 0 Å². The first-order valence-electron chi connectivity index (χ1n) is 7.15. The summed E-state index contributed by atoms with van der Waals surface area (Å²) in [5, 5.41) is 52.0. The number of rotatable bonds is 4. The van der Waals surface area contributed by atoms with Crippen LogP contribution in [0, 0.1) is 22.7 Å². The van der Waals surface area contributed by atoms with Gasteiger partial charge in [-0.1, -0.05) is 12.1 Å². The molecule has 10 nitrogen and oxygen atoms in total. The number of hydrogen-bond acceptors (Lipinski definition) is 6. The molecule has 10 heteroatoms. The van der Waals surface area contributed by atoms with E-state index in [2.05, 4.69) is 0 Å². The summed E-state index contributed by atoms with van der Waals surface area (Å²) in [5.41, 5.74) is -2.15. The van der Waals surface area contributed by atoms with E-state index in [4.69, 9.17) is 30.9 Å². The highest BCUT2D eigenvalue weighted by Gasteiger charge is 2.22. The zero-order valence-corrected chi connectivity index (χ0v) is 13.8. The summed E-state index contributed by atoms with van der Waals surface area (Å²) in [6, 6.07) is 10.7. The van der Waals surface area contributed by atoms with Gasteiger partial charge in [0.25, 0.3) is 0 Å². The molecule has 0 aliphatic rings. The normalized spacial score (nSPS) is 9.07. The minimum Gasteiger partial charge on any atom is -0.478 e. The Morgan fingerprint density at radius 1 is 0.643 bits per heavy atom. The van der Waals surface area contributed by atoms with Gasteiger partial charge in [0.1, 0.15) is 12.1 Å². The first-order valence-corrected chi connectivity index (χ1v) is 7.15. The van der Waals surface area contributed by atoms with E-state index in [9.17, 15) is 19.2 Å². The van der Waals surface area contributed by atoms with E-state index in [1.807, 2.05) is 0 Å². The number of carboxylic acids is 4. The minimum absolute atomic E-state index is 0.162. The van der Waals surface area contributed by atoms with Crippen LogP contribution in [0.3, 0.4) is 0 Å². The quantitative estimate of drug-likeness (QED) is 0.606. The summed E-state index contributed by atoms with van der Waals surface area (Å²) in [6.07, 6.45) is 0. The van der Waals surface area contributed by atoms with Gasteiger partial charge in [-0.3, -0.25) is 0 Å². The number of carboxylic acid groups (broad SMARTS) is 4. The smallest absolute Gasteiger partial charge is 0.337 e. The van der Waals surface area contributed by atoms with E-state index in [1.54, 1.807) is 6.07 Å². The van der Waals surface area contributed by atoms with Crippen LogP contribution in [-0.4, -0.2) is 44.3 Å². The van der Waals surface area contributed by atoms with Crippen molar-refractivity contribution in [2.75, 3.05) is 0 Å². The number of hydrogen-bond donors (Lipinski definition) is 4. The van der Waals surface area contributed by atoms with Crippen molar-refractivity contribution in [1.29, 1.82) is 10.5 Å². The molecule has 0 heterocycles. The average molecular weight is 382 g/mol. The number of nitriles is 2. The van der Waals surface area contributed by atoms with Gasteiger partial charge < -0.3 is 20.4 Å². The van der Waals surface area contributed by atoms with E-state index >= 15 is 0 Å². The Morgan fingerprint density at radius 3 is 1.43 bits per heavy atom. The molecule has 0 unspecified atom stereocenters. The molecule has 28 heavy (non-hydrogen) atoms. The molecule has 0 atom stereocenters. The largest absolute Gasteiger partial charge is 0.478 e. The Bertz CT molecular complexity index is 1030. The topological polar surface area (TPSA) is 197 Å². The van der Waals surface area contributed by atoms with Crippen molar-refractivity contribution in [3.05, 3.63) is 69.8 Å². The second-order valence-electron chi connectivity index (χ2n) is 4.90. The molecule has 0 saturated heterocycles. The fraction of sp³-hybridized carbons (Fsp3) is 0. The fourth-order valence-corrected chi connectivity index (χ4v) is 2.07. The molecule has 4 N–H and O–H groups in total. The summed E-state index contributed by atoms with van der Waals surface area (Å²) >= 11 is 0. The van der Waals surface area contributed by atoms with Gasteiger partial charge in [0.05, 0.1) is 33.4 Å². The minimum atomic E-state index is -1.55. The Morgan fingerprint density at radius 2 is 1.11 bits per heavy atom. The highest BCUT2D eigenvalue weighted by molar-refractivity contribution is 6.04. The molecule has 0 saturated carbocycles. The van der Waals surface area contributed by atoms with Gasteiger partial charge in [0, 0.05) is 0 Å². The van der Waals surface area contributed by atoms with Crippen LogP contribution in [0.15, 0.2) is 36.4 Å². The molecule has 2 aromatic rings. The second kappa shape index (κ2) is 9.12. The highest BCUT2D eigenvalue weighted by atomic mass is 16.4. The highest BCUT2D eigenvalue weighted by Crippen LogP contribution is 2.18. The first-order chi connectivity index (χ1) is 13.1. The number of nitrogens with zero attached hydrogens (tertiary/aromatic N) is 2. The Hall–Kier alpha value is -4.70. The van der Waals surface area contributed by atoms with Gasteiger partial charge in [-0.15, -0.1) is 0 Å². The van der Waals surface area contributed by atoms with Gasteiger partial charge in [-0.2, -0.15) is 10.5 Å². The lowest BCUT2D eigenvalue weighted by Crippen LogP contribution is -2.11. The van der Waals surface area contributed by atoms with Crippen LogP contribution >= 0.6 is 0 Å². The number of carbonyl (C=O) groups is 4. The van der Waals surface area contributed by atoms with Crippen molar-refractivity contribution in [3.63, 3.8) is 0 Å². The maximum atomic E-state index is 10.9. The van der Waals surface area contributed by atoms with Crippen molar-refractivity contribution in [1.82, 2.24) is 0 Å². The molecule has 0 spiro atoms. The molecule has 140 valence electrons. The maximum Gasteiger partial charge on any atom is 0.337 e.